The summed E-state index contributed by atoms with van der Waals surface area (Å²) in [6.45, 7) is 0. The zero-order valence-corrected chi connectivity index (χ0v) is 9.79. The van der Waals surface area contributed by atoms with Crippen LogP contribution in [0.15, 0.2) is 48.7 Å². The van der Waals surface area contributed by atoms with Crippen LogP contribution in [0.2, 0.25) is 0 Å². The van der Waals surface area contributed by atoms with Crippen LogP contribution in [0.1, 0.15) is 26.4 Å². The number of hydrogen-bond acceptors (Lipinski definition) is 4. The van der Waals surface area contributed by atoms with Crippen molar-refractivity contribution in [2.75, 3.05) is 7.11 Å². The summed E-state index contributed by atoms with van der Waals surface area (Å²) in [6, 6.07) is 11.8. The van der Waals surface area contributed by atoms with Gasteiger partial charge in [0, 0.05) is 11.8 Å². The van der Waals surface area contributed by atoms with Crippen LogP contribution in [0.5, 0.6) is 0 Å². The van der Waals surface area contributed by atoms with Crippen LogP contribution < -0.4 is 0 Å². The fourth-order valence-corrected chi connectivity index (χ4v) is 1.59. The number of pyridine rings is 1. The Bertz CT molecular complexity index is 579. The summed E-state index contributed by atoms with van der Waals surface area (Å²) in [5.41, 5.74) is 0.769. The molecule has 0 bridgehead atoms. The number of ketones is 1. The number of benzene rings is 1. The van der Waals surface area contributed by atoms with Gasteiger partial charge in [-0.05, 0) is 12.1 Å². The van der Waals surface area contributed by atoms with E-state index in [1.54, 1.807) is 30.3 Å². The molecule has 18 heavy (non-hydrogen) atoms. The first-order chi connectivity index (χ1) is 8.74. The minimum Gasteiger partial charge on any atom is -0.465 e. The fourth-order valence-electron chi connectivity index (χ4n) is 1.59. The average Bonchev–Trinajstić information content (AvgIpc) is 2.46. The Morgan fingerprint density at radius 1 is 1.06 bits per heavy atom. The third-order valence-corrected chi connectivity index (χ3v) is 2.46. The molecule has 2 rings (SSSR count). The molecule has 4 heteroatoms. The maximum atomic E-state index is 12.2. The molecule has 0 N–H and O–H groups in total. The van der Waals surface area contributed by atoms with Crippen molar-refractivity contribution in [1.29, 1.82) is 0 Å². The SMILES string of the molecule is COC(=O)c1cccnc1C(=O)c1ccccc1. The summed E-state index contributed by atoms with van der Waals surface area (Å²) >= 11 is 0. The van der Waals surface area contributed by atoms with Gasteiger partial charge in [-0.1, -0.05) is 30.3 Å². The van der Waals surface area contributed by atoms with E-state index in [9.17, 15) is 9.59 Å². The maximum absolute atomic E-state index is 12.2. The number of rotatable bonds is 3. The largest absolute Gasteiger partial charge is 0.465 e. The van der Waals surface area contributed by atoms with E-state index in [-0.39, 0.29) is 17.0 Å². The van der Waals surface area contributed by atoms with E-state index in [0.717, 1.165) is 0 Å². The zero-order chi connectivity index (χ0) is 13.0. The van der Waals surface area contributed by atoms with Crippen LogP contribution in [-0.4, -0.2) is 23.8 Å². The Labute approximate surface area is 104 Å². The first-order valence-electron chi connectivity index (χ1n) is 5.37. The van der Waals surface area contributed by atoms with Gasteiger partial charge in [-0.2, -0.15) is 0 Å². The number of methoxy groups -OCH3 is 1. The Hall–Kier alpha value is -2.49. The number of hydrogen-bond donors (Lipinski definition) is 0. The van der Waals surface area contributed by atoms with Gasteiger partial charge >= 0.3 is 5.97 Å². The minimum atomic E-state index is -0.567. The van der Waals surface area contributed by atoms with Gasteiger partial charge in [0.25, 0.3) is 0 Å². The van der Waals surface area contributed by atoms with E-state index in [1.807, 2.05) is 6.07 Å². The third kappa shape index (κ3) is 2.27. The molecule has 0 unspecified atom stereocenters. The van der Waals surface area contributed by atoms with Gasteiger partial charge < -0.3 is 4.74 Å². The summed E-state index contributed by atoms with van der Waals surface area (Å²) in [5, 5.41) is 0. The van der Waals surface area contributed by atoms with Gasteiger partial charge in [-0.3, -0.25) is 9.78 Å². The minimum absolute atomic E-state index is 0.107. The van der Waals surface area contributed by atoms with Crippen LogP contribution in [0.25, 0.3) is 0 Å². The normalized spacial score (nSPS) is 9.83. The summed E-state index contributed by atoms with van der Waals surface area (Å²) in [6.07, 6.45) is 1.47. The zero-order valence-electron chi connectivity index (χ0n) is 9.79. The molecule has 0 spiro atoms. The molecule has 1 aromatic carbocycles. The lowest BCUT2D eigenvalue weighted by molar-refractivity contribution is 0.0597. The Balaban J connectivity index is 2.46. The van der Waals surface area contributed by atoms with Gasteiger partial charge in [0.15, 0.2) is 0 Å². The molecule has 0 fully saturated rings. The second-order valence-corrected chi connectivity index (χ2v) is 3.59. The fraction of sp³-hybridized carbons (Fsp3) is 0.0714. The molecule has 0 saturated heterocycles. The van der Waals surface area contributed by atoms with Gasteiger partial charge in [0.1, 0.15) is 5.69 Å². The standard InChI is InChI=1S/C14H11NO3/c1-18-14(17)11-8-5-9-15-12(11)13(16)10-6-3-2-4-7-10/h2-9H,1H3. The highest BCUT2D eigenvalue weighted by Crippen LogP contribution is 2.13. The smallest absolute Gasteiger partial charge is 0.340 e. The molecule has 1 aromatic heterocycles. The second kappa shape index (κ2) is 5.23. The lowest BCUT2D eigenvalue weighted by atomic mass is 10.0. The van der Waals surface area contributed by atoms with Gasteiger partial charge in [-0.15, -0.1) is 0 Å². The van der Waals surface area contributed by atoms with E-state index in [0.29, 0.717) is 5.56 Å². The molecule has 90 valence electrons. The Morgan fingerprint density at radius 3 is 2.44 bits per heavy atom. The van der Waals surface area contributed by atoms with Crippen molar-refractivity contribution in [3.8, 4) is 0 Å². The van der Waals surface area contributed by atoms with E-state index in [1.165, 1.54) is 19.4 Å². The van der Waals surface area contributed by atoms with E-state index < -0.39 is 5.97 Å². The lowest BCUT2D eigenvalue weighted by Gasteiger charge is -2.05. The molecule has 1 heterocycles. The predicted molar refractivity (Wildman–Crippen MR) is 65.5 cm³/mol. The number of carbonyl (C=O) groups is 2. The maximum Gasteiger partial charge on any atom is 0.340 e. The van der Waals surface area contributed by atoms with E-state index in [2.05, 4.69) is 9.72 Å². The van der Waals surface area contributed by atoms with Crippen molar-refractivity contribution in [2.45, 2.75) is 0 Å². The van der Waals surface area contributed by atoms with Crippen molar-refractivity contribution >= 4 is 11.8 Å². The van der Waals surface area contributed by atoms with Gasteiger partial charge in [0.05, 0.1) is 12.7 Å². The second-order valence-electron chi connectivity index (χ2n) is 3.59. The molecule has 0 atom stereocenters. The van der Waals surface area contributed by atoms with Crippen molar-refractivity contribution in [3.05, 3.63) is 65.5 Å². The van der Waals surface area contributed by atoms with E-state index >= 15 is 0 Å². The molecule has 0 aliphatic carbocycles. The average molecular weight is 241 g/mol. The molecular formula is C14H11NO3. The number of nitrogens with zero attached hydrogens (tertiary/aromatic N) is 1. The van der Waals surface area contributed by atoms with Crippen molar-refractivity contribution < 1.29 is 14.3 Å². The third-order valence-electron chi connectivity index (χ3n) is 2.46. The molecule has 2 aromatic rings. The Kier molecular flexibility index (Phi) is 3.48. The van der Waals surface area contributed by atoms with Gasteiger partial charge in [0.2, 0.25) is 5.78 Å². The molecule has 4 nitrogen and oxygen atoms in total. The number of ether oxygens (including phenoxy) is 1. The van der Waals surface area contributed by atoms with E-state index in [4.69, 9.17) is 0 Å². The van der Waals surface area contributed by atoms with Gasteiger partial charge in [-0.25, -0.2) is 4.79 Å². The summed E-state index contributed by atoms with van der Waals surface area (Å²) in [4.78, 5) is 27.7. The van der Waals surface area contributed by atoms with Crippen LogP contribution in [-0.2, 0) is 4.74 Å². The molecule has 0 saturated carbocycles. The number of aromatic nitrogens is 1. The highest BCUT2D eigenvalue weighted by molar-refractivity contribution is 6.13. The molecular weight excluding hydrogens is 230 g/mol. The van der Waals surface area contributed by atoms with Crippen LogP contribution in [0, 0.1) is 0 Å². The molecule has 0 amide bonds. The van der Waals surface area contributed by atoms with Crippen molar-refractivity contribution in [2.24, 2.45) is 0 Å². The highest BCUT2D eigenvalue weighted by Gasteiger charge is 2.19. The molecule has 0 aliphatic rings. The van der Waals surface area contributed by atoms with Crippen molar-refractivity contribution in [1.82, 2.24) is 4.98 Å². The number of carbonyl (C=O) groups excluding carboxylic acids is 2. The predicted octanol–water partition coefficient (Wildman–Crippen LogP) is 2.10. The highest BCUT2D eigenvalue weighted by atomic mass is 16.5. The summed E-state index contributed by atoms with van der Waals surface area (Å²) in [7, 11) is 1.27. The summed E-state index contributed by atoms with van der Waals surface area (Å²) in [5.74, 6) is -0.862. The van der Waals surface area contributed by atoms with Crippen molar-refractivity contribution in [3.63, 3.8) is 0 Å². The molecule has 0 radical (unpaired) electrons. The first kappa shape index (κ1) is 12.0. The van der Waals surface area contributed by atoms with Crippen LogP contribution >= 0.6 is 0 Å². The summed E-state index contributed by atoms with van der Waals surface area (Å²) < 4.78 is 4.63. The first-order valence-corrected chi connectivity index (χ1v) is 5.37. The Morgan fingerprint density at radius 2 is 1.78 bits per heavy atom. The van der Waals surface area contributed by atoms with Crippen LogP contribution in [0.4, 0.5) is 0 Å². The monoisotopic (exact) mass is 241 g/mol. The van der Waals surface area contributed by atoms with Crippen LogP contribution in [0.3, 0.4) is 0 Å². The quantitative estimate of drug-likeness (QED) is 0.610. The number of esters is 1. The molecule has 0 aliphatic heterocycles. The topological polar surface area (TPSA) is 56.3 Å². The lowest BCUT2D eigenvalue weighted by Crippen LogP contribution is -2.13.